The lowest BCUT2D eigenvalue weighted by Gasteiger charge is -2.07. The van der Waals surface area contributed by atoms with E-state index >= 15 is 0 Å². The molecule has 2 N–H and O–H groups in total. The van der Waals surface area contributed by atoms with Gasteiger partial charge in [0.05, 0.1) is 9.92 Å². The number of aliphatic hydroxyl groups is 1. The van der Waals surface area contributed by atoms with E-state index < -0.39 is 9.84 Å². The highest BCUT2D eigenvalue weighted by molar-refractivity contribution is 7.90. The second-order valence-electron chi connectivity index (χ2n) is 4.10. The fourth-order valence-corrected chi connectivity index (χ4v) is 2.77. The Hall–Kier alpha value is -1.11. The highest BCUT2D eigenvalue weighted by Crippen LogP contribution is 2.22. The number of carbonyl (C=O) groups is 1. The van der Waals surface area contributed by atoms with Crippen molar-refractivity contribution < 1.29 is 18.3 Å². The Kier molecular flexibility index (Phi) is 5.78. The molecule has 0 spiro atoms. The van der Waals surface area contributed by atoms with Crippen molar-refractivity contribution in [3.05, 3.63) is 28.8 Å². The van der Waals surface area contributed by atoms with Crippen molar-refractivity contribution in [2.45, 2.75) is 17.7 Å². The van der Waals surface area contributed by atoms with Crippen LogP contribution in [0.25, 0.3) is 0 Å². The molecule has 0 aliphatic rings. The topological polar surface area (TPSA) is 83.5 Å². The average molecular weight is 306 g/mol. The molecule has 0 aliphatic heterocycles. The summed E-state index contributed by atoms with van der Waals surface area (Å²) < 4.78 is 23.0. The fourth-order valence-electron chi connectivity index (χ4n) is 1.47. The van der Waals surface area contributed by atoms with Gasteiger partial charge in [-0.2, -0.15) is 0 Å². The summed E-state index contributed by atoms with van der Waals surface area (Å²) in [5.41, 5.74) is 0.244. The summed E-state index contributed by atoms with van der Waals surface area (Å²) in [7, 11) is -3.46. The molecule has 0 heterocycles. The molecule has 0 bridgehead atoms. The van der Waals surface area contributed by atoms with Crippen molar-refractivity contribution in [2.24, 2.45) is 0 Å². The first-order valence-corrected chi connectivity index (χ1v) is 8.02. The Morgan fingerprint density at radius 3 is 2.63 bits per heavy atom. The van der Waals surface area contributed by atoms with Crippen molar-refractivity contribution in [3.8, 4) is 0 Å². The van der Waals surface area contributed by atoms with Gasteiger partial charge < -0.3 is 10.4 Å². The fraction of sp³-hybridized carbons (Fsp3) is 0.417. The average Bonchev–Trinajstić information content (AvgIpc) is 2.33. The first-order chi connectivity index (χ1) is 8.86. The van der Waals surface area contributed by atoms with Gasteiger partial charge >= 0.3 is 0 Å². The van der Waals surface area contributed by atoms with Crippen molar-refractivity contribution in [2.75, 3.05) is 19.4 Å². The number of unbranched alkanes of at least 4 members (excludes halogenated alkanes) is 1. The van der Waals surface area contributed by atoms with Crippen LogP contribution < -0.4 is 5.32 Å². The molecule has 0 atom stereocenters. The number of aliphatic hydroxyl groups excluding tert-OH is 1. The molecule has 0 saturated heterocycles. The number of hydrogen-bond donors (Lipinski definition) is 2. The van der Waals surface area contributed by atoms with Crippen LogP contribution in [0.2, 0.25) is 5.02 Å². The van der Waals surface area contributed by atoms with Crippen LogP contribution in [0.1, 0.15) is 23.2 Å². The van der Waals surface area contributed by atoms with E-state index in [0.29, 0.717) is 19.4 Å². The number of amides is 1. The van der Waals surface area contributed by atoms with Crippen molar-refractivity contribution in [3.63, 3.8) is 0 Å². The largest absolute Gasteiger partial charge is 0.396 e. The molecule has 19 heavy (non-hydrogen) atoms. The molecule has 0 aliphatic carbocycles. The molecule has 1 amide bonds. The smallest absolute Gasteiger partial charge is 0.251 e. The van der Waals surface area contributed by atoms with E-state index in [2.05, 4.69) is 5.32 Å². The van der Waals surface area contributed by atoms with E-state index in [1.807, 2.05) is 0 Å². The number of benzene rings is 1. The zero-order valence-corrected chi connectivity index (χ0v) is 12.1. The summed E-state index contributed by atoms with van der Waals surface area (Å²) >= 11 is 5.79. The molecule has 5 nitrogen and oxygen atoms in total. The van der Waals surface area contributed by atoms with Crippen molar-refractivity contribution in [1.29, 1.82) is 0 Å². The minimum Gasteiger partial charge on any atom is -0.396 e. The zero-order chi connectivity index (χ0) is 14.5. The summed E-state index contributed by atoms with van der Waals surface area (Å²) in [4.78, 5) is 11.7. The highest BCUT2D eigenvalue weighted by atomic mass is 35.5. The van der Waals surface area contributed by atoms with Gasteiger partial charge in [-0.25, -0.2) is 8.42 Å². The molecule has 0 radical (unpaired) electrons. The second kappa shape index (κ2) is 6.88. The minimum absolute atomic E-state index is 0.0582. The standard InChI is InChI=1S/C12H16ClNO4S/c1-19(17,18)11-8-9(4-5-10(11)13)12(16)14-6-2-3-7-15/h4-5,8,15H,2-3,6-7H2,1H3,(H,14,16). The van der Waals surface area contributed by atoms with Gasteiger partial charge in [0, 0.05) is 25.0 Å². The first kappa shape index (κ1) is 15.9. The van der Waals surface area contributed by atoms with Gasteiger partial charge in [-0.15, -0.1) is 0 Å². The molecule has 0 aromatic heterocycles. The second-order valence-corrected chi connectivity index (χ2v) is 6.50. The SMILES string of the molecule is CS(=O)(=O)c1cc(C(=O)NCCCCO)ccc1Cl. The lowest BCUT2D eigenvalue weighted by Crippen LogP contribution is -2.24. The summed E-state index contributed by atoms with van der Waals surface area (Å²) in [6.45, 7) is 0.505. The summed E-state index contributed by atoms with van der Waals surface area (Å²) in [5, 5.41) is 11.4. The lowest BCUT2D eigenvalue weighted by atomic mass is 10.2. The summed E-state index contributed by atoms with van der Waals surface area (Å²) in [6, 6.07) is 4.12. The van der Waals surface area contributed by atoms with Crippen LogP contribution in [0.5, 0.6) is 0 Å². The van der Waals surface area contributed by atoms with E-state index in [9.17, 15) is 13.2 Å². The summed E-state index contributed by atoms with van der Waals surface area (Å²) in [6.07, 6.45) is 2.31. The lowest BCUT2D eigenvalue weighted by molar-refractivity contribution is 0.0952. The highest BCUT2D eigenvalue weighted by Gasteiger charge is 2.15. The van der Waals surface area contributed by atoms with E-state index in [0.717, 1.165) is 6.26 Å². The number of hydrogen-bond acceptors (Lipinski definition) is 4. The van der Waals surface area contributed by atoms with Crippen LogP contribution in [-0.4, -0.2) is 38.8 Å². The molecule has 106 valence electrons. The van der Waals surface area contributed by atoms with Crippen LogP contribution >= 0.6 is 11.6 Å². The third-order valence-corrected chi connectivity index (χ3v) is 4.04. The number of carbonyl (C=O) groups excluding carboxylic acids is 1. The van der Waals surface area contributed by atoms with Crippen molar-refractivity contribution >= 4 is 27.3 Å². The van der Waals surface area contributed by atoms with Crippen LogP contribution in [-0.2, 0) is 9.84 Å². The Morgan fingerprint density at radius 1 is 1.37 bits per heavy atom. The first-order valence-electron chi connectivity index (χ1n) is 5.75. The molecule has 0 fully saturated rings. The predicted molar refractivity (Wildman–Crippen MR) is 73.2 cm³/mol. The van der Waals surface area contributed by atoms with Gasteiger partial charge in [0.25, 0.3) is 5.91 Å². The van der Waals surface area contributed by atoms with E-state index in [1.165, 1.54) is 18.2 Å². The zero-order valence-electron chi connectivity index (χ0n) is 10.5. The molecular weight excluding hydrogens is 290 g/mol. The Labute approximate surface area is 117 Å². The third-order valence-electron chi connectivity index (χ3n) is 2.46. The monoisotopic (exact) mass is 305 g/mol. The molecular formula is C12H16ClNO4S. The molecule has 7 heteroatoms. The summed E-state index contributed by atoms with van der Waals surface area (Å²) in [5.74, 6) is -0.362. The van der Waals surface area contributed by atoms with Crippen molar-refractivity contribution in [1.82, 2.24) is 5.32 Å². The van der Waals surface area contributed by atoms with Gasteiger partial charge in [-0.05, 0) is 31.0 Å². The Balaban J connectivity index is 2.82. The van der Waals surface area contributed by atoms with Crippen LogP contribution in [0, 0.1) is 0 Å². The van der Waals surface area contributed by atoms with Gasteiger partial charge in [0.2, 0.25) is 0 Å². The predicted octanol–water partition coefficient (Wildman–Crippen LogP) is 1.25. The third kappa shape index (κ3) is 4.81. The number of rotatable bonds is 6. The van der Waals surface area contributed by atoms with Crippen LogP contribution in [0.4, 0.5) is 0 Å². The van der Waals surface area contributed by atoms with E-state index in [1.54, 1.807) is 0 Å². The van der Waals surface area contributed by atoms with Gasteiger partial charge in [-0.3, -0.25) is 4.79 Å². The number of halogens is 1. The number of nitrogens with one attached hydrogen (secondary N) is 1. The molecule has 0 saturated carbocycles. The quantitative estimate of drug-likeness (QED) is 0.775. The van der Waals surface area contributed by atoms with Crippen LogP contribution in [0.15, 0.2) is 23.1 Å². The van der Waals surface area contributed by atoms with E-state index in [4.69, 9.17) is 16.7 Å². The molecule has 1 rings (SSSR count). The Bertz CT molecular complexity index is 557. The van der Waals surface area contributed by atoms with Crippen LogP contribution in [0.3, 0.4) is 0 Å². The maximum absolute atomic E-state index is 11.8. The van der Waals surface area contributed by atoms with Gasteiger partial charge in [0.1, 0.15) is 0 Å². The van der Waals surface area contributed by atoms with Gasteiger partial charge in [-0.1, -0.05) is 11.6 Å². The normalized spacial score (nSPS) is 11.3. The molecule has 0 unspecified atom stereocenters. The Morgan fingerprint density at radius 2 is 2.05 bits per heavy atom. The molecule has 1 aromatic rings. The van der Waals surface area contributed by atoms with E-state index in [-0.39, 0.29) is 28.0 Å². The maximum Gasteiger partial charge on any atom is 0.251 e. The molecule has 1 aromatic carbocycles. The number of sulfone groups is 1. The van der Waals surface area contributed by atoms with Gasteiger partial charge in [0.15, 0.2) is 9.84 Å². The minimum atomic E-state index is -3.46. The maximum atomic E-state index is 11.8.